The average Bonchev–Trinajstić information content (AvgIpc) is 3.32. The Hall–Kier alpha value is -2.63. The maximum Gasteiger partial charge on any atom is 0.275 e. The van der Waals surface area contributed by atoms with Crippen molar-refractivity contribution in [2.45, 2.75) is 31.1 Å². The third-order valence-corrected chi connectivity index (χ3v) is 5.95. The summed E-state index contributed by atoms with van der Waals surface area (Å²) in [5, 5.41) is 12.9. The molecule has 1 saturated heterocycles. The second kappa shape index (κ2) is 5.18. The molecule has 0 bridgehead atoms. The van der Waals surface area contributed by atoms with Gasteiger partial charge in [0.2, 0.25) is 0 Å². The van der Waals surface area contributed by atoms with Gasteiger partial charge in [0.15, 0.2) is 5.69 Å². The Balaban J connectivity index is 1.50. The predicted octanol–water partition coefficient (Wildman–Crippen LogP) is 2.42. The van der Waals surface area contributed by atoms with Crippen LogP contribution in [0.4, 0.5) is 0 Å². The van der Waals surface area contributed by atoms with E-state index in [0.29, 0.717) is 5.69 Å². The first-order valence-electron chi connectivity index (χ1n) is 8.92. The van der Waals surface area contributed by atoms with Crippen molar-refractivity contribution in [1.29, 1.82) is 0 Å². The molecular formula is C19H21N5O. The zero-order valence-electron chi connectivity index (χ0n) is 14.3. The third-order valence-electron chi connectivity index (χ3n) is 5.95. The molecule has 1 aliphatic carbocycles. The van der Waals surface area contributed by atoms with Crippen LogP contribution in [-0.2, 0) is 18.9 Å². The number of hydrogen-bond donors (Lipinski definition) is 1. The number of rotatable bonds is 1. The molecule has 3 heterocycles. The molecule has 2 aliphatic rings. The fraction of sp³-hybridized carbons (Fsp3) is 0.421. The summed E-state index contributed by atoms with van der Waals surface area (Å²) in [6.45, 7) is 1.56. The second-order valence-corrected chi connectivity index (χ2v) is 7.37. The van der Waals surface area contributed by atoms with Crippen molar-refractivity contribution >= 4 is 16.8 Å². The molecule has 128 valence electrons. The summed E-state index contributed by atoms with van der Waals surface area (Å²) in [7, 11) is 1.89. The summed E-state index contributed by atoms with van der Waals surface area (Å²) in [6, 6.07) is 7.93. The van der Waals surface area contributed by atoms with Crippen molar-refractivity contribution < 1.29 is 4.79 Å². The highest BCUT2D eigenvalue weighted by atomic mass is 16.2. The number of nitrogens with zero attached hydrogens (tertiary/aromatic N) is 4. The normalized spacial score (nSPS) is 22.7. The van der Waals surface area contributed by atoms with Gasteiger partial charge in [-0.1, -0.05) is 18.2 Å². The number of carbonyl (C=O) groups excluding carboxylic acids is 1. The van der Waals surface area contributed by atoms with E-state index in [0.717, 1.165) is 49.7 Å². The van der Waals surface area contributed by atoms with Crippen LogP contribution in [0.2, 0.25) is 0 Å². The van der Waals surface area contributed by atoms with Crippen molar-refractivity contribution in [1.82, 2.24) is 24.9 Å². The van der Waals surface area contributed by atoms with Crippen molar-refractivity contribution in [3.8, 4) is 0 Å². The van der Waals surface area contributed by atoms with Crippen LogP contribution >= 0.6 is 0 Å². The second-order valence-electron chi connectivity index (χ2n) is 7.37. The first-order valence-corrected chi connectivity index (χ1v) is 8.92. The molecule has 6 heteroatoms. The SMILES string of the molecule is Cn1nc(C(=O)N2CCCC3(CCc4cn[nH]c43)C2)c2ccccc21. The van der Waals surface area contributed by atoms with Gasteiger partial charge in [0.25, 0.3) is 5.91 Å². The van der Waals surface area contributed by atoms with Crippen LogP contribution in [0.25, 0.3) is 10.9 Å². The Bertz CT molecular complexity index is 971. The molecule has 1 spiro atoms. The molecule has 2 aromatic heterocycles. The zero-order valence-corrected chi connectivity index (χ0v) is 14.3. The molecule has 3 aromatic rings. The Morgan fingerprint density at radius 3 is 3.08 bits per heavy atom. The highest BCUT2D eigenvalue weighted by Gasteiger charge is 2.44. The molecule has 1 amide bonds. The minimum Gasteiger partial charge on any atom is -0.336 e. The van der Waals surface area contributed by atoms with Gasteiger partial charge in [-0.2, -0.15) is 10.2 Å². The number of aromatic nitrogens is 4. The molecular weight excluding hydrogens is 314 g/mol. The molecule has 1 aliphatic heterocycles. The van der Waals surface area contributed by atoms with Gasteiger partial charge >= 0.3 is 0 Å². The lowest BCUT2D eigenvalue weighted by molar-refractivity contribution is 0.0628. The Morgan fingerprint density at radius 2 is 2.16 bits per heavy atom. The molecule has 1 fully saturated rings. The quantitative estimate of drug-likeness (QED) is 0.743. The van der Waals surface area contributed by atoms with E-state index in [1.807, 2.05) is 42.4 Å². The Labute approximate surface area is 145 Å². The third kappa shape index (κ3) is 2.06. The number of hydrogen-bond acceptors (Lipinski definition) is 3. The maximum atomic E-state index is 13.2. The number of para-hydroxylation sites is 1. The molecule has 0 saturated carbocycles. The summed E-state index contributed by atoms with van der Waals surface area (Å²) in [5.41, 5.74) is 4.17. The van der Waals surface area contributed by atoms with Crippen molar-refractivity contribution in [2.75, 3.05) is 13.1 Å². The monoisotopic (exact) mass is 335 g/mol. The lowest BCUT2D eigenvalue weighted by atomic mass is 9.77. The Kier molecular flexibility index (Phi) is 3.04. The maximum absolute atomic E-state index is 13.2. The highest BCUT2D eigenvalue weighted by Crippen LogP contribution is 2.44. The number of amides is 1. The van der Waals surface area contributed by atoms with Crippen LogP contribution in [-0.4, -0.2) is 43.9 Å². The number of carbonyl (C=O) groups is 1. The number of aryl methyl sites for hydroxylation is 2. The van der Waals surface area contributed by atoms with Gasteiger partial charge in [-0.25, -0.2) is 0 Å². The van der Waals surface area contributed by atoms with E-state index in [4.69, 9.17) is 0 Å². The largest absolute Gasteiger partial charge is 0.336 e. The number of benzene rings is 1. The summed E-state index contributed by atoms with van der Waals surface area (Å²) in [6.07, 6.45) is 6.24. The van der Waals surface area contributed by atoms with E-state index < -0.39 is 0 Å². The minimum absolute atomic E-state index is 0.0452. The molecule has 1 atom stereocenters. The first-order chi connectivity index (χ1) is 12.2. The fourth-order valence-electron chi connectivity index (χ4n) is 4.69. The number of piperidine rings is 1. The fourth-order valence-corrected chi connectivity index (χ4v) is 4.69. The van der Waals surface area contributed by atoms with Crippen LogP contribution in [0, 0.1) is 0 Å². The average molecular weight is 335 g/mol. The van der Waals surface area contributed by atoms with E-state index in [1.54, 1.807) is 4.68 Å². The number of H-pyrrole nitrogens is 1. The highest BCUT2D eigenvalue weighted by molar-refractivity contribution is 6.04. The Morgan fingerprint density at radius 1 is 1.28 bits per heavy atom. The molecule has 6 nitrogen and oxygen atoms in total. The summed E-state index contributed by atoms with van der Waals surface area (Å²) >= 11 is 0. The molecule has 1 N–H and O–H groups in total. The van der Waals surface area contributed by atoms with Gasteiger partial charge in [-0.15, -0.1) is 0 Å². The lowest BCUT2D eigenvalue weighted by Gasteiger charge is -2.40. The van der Waals surface area contributed by atoms with Crippen LogP contribution in [0.3, 0.4) is 0 Å². The molecule has 25 heavy (non-hydrogen) atoms. The number of nitrogens with one attached hydrogen (secondary N) is 1. The van der Waals surface area contributed by atoms with Crippen LogP contribution in [0.1, 0.15) is 41.0 Å². The van der Waals surface area contributed by atoms with Crippen LogP contribution < -0.4 is 0 Å². The van der Waals surface area contributed by atoms with Gasteiger partial charge in [-0.3, -0.25) is 14.6 Å². The van der Waals surface area contributed by atoms with E-state index in [-0.39, 0.29) is 11.3 Å². The van der Waals surface area contributed by atoms with E-state index in [1.165, 1.54) is 11.3 Å². The summed E-state index contributed by atoms with van der Waals surface area (Å²) in [5.74, 6) is 0.0452. The van der Waals surface area contributed by atoms with Gasteiger partial charge < -0.3 is 4.90 Å². The molecule has 1 unspecified atom stereocenters. The van der Waals surface area contributed by atoms with Crippen LogP contribution in [0.5, 0.6) is 0 Å². The zero-order chi connectivity index (χ0) is 17.0. The van der Waals surface area contributed by atoms with E-state index in [2.05, 4.69) is 15.3 Å². The van der Waals surface area contributed by atoms with Gasteiger partial charge in [0, 0.05) is 36.6 Å². The smallest absolute Gasteiger partial charge is 0.275 e. The predicted molar refractivity (Wildman–Crippen MR) is 94.4 cm³/mol. The van der Waals surface area contributed by atoms with E-state index >= 15 is 0 Å². The van der Waals surface area contributed by atoms with Crippen molar-refractivity contribution in [3.05, 3.63) is 47.4 Å². The molecule has 5 rings (SSSR count). The van der Waals surface area contributed by atoms with Gasteiger partial charge in [0.1, 0.15) is 0 Å². The van der Waals surface area contributed by atoms with Crippen LogP contribution in [0.15, 0.2) is 30.5 Å². The van der Waals surface area contributed by atoms with Crippen molar-refractivity contribution in [2.24, 2.45) is 7.05 Å². The first kappa shape index (κ1) is 14.7. The number of fused-ring (bicyclic) bond motifs is 3. The lowest BCUT2D eigenvalue weighted by Crippen LogP contribution is -2.48. The number of likely N-dealkylation sites (tertiary alicyclic amines) is 1. The summed E-state index contributed by atoms with van der Waals surface area (Å²) in [4.78, 5) is 15.2. The van der Waals surface area contributed by atoms with Crippen molar-refractivity contribution in [3.63, 3.8) is 0 Å². The van der Waals surface area contributed by atoms with E-state index in [9.17, 15) is 4.79 Å². The van der Waals surface area contributed by atoms with Gasteiger partial charge in [-0.05, 0) is 37.3 Å². The molecule has 0 radical (unpaired) electrons. The molecule has 1 aromatic carbocycles. The standard InChI is InChI=1S/C19H21N5O/c1-23-15-6-3-2-5-14(15)16(22-23)18(25)24-10-4-8-19(12-24)9-7-13-11-20-21-17(13)19/h2-3,5-6,11H,4,7-10,12H2,1H3,(H,20,21). The minimum atomic E-state index is 0.0452. The van der Waals surface area contributed by atoms with Gasteiger partial charge in [0.05, 0.1) is 11.7 Å². The number of aromatic amines is 1. The topological polar surface area (TPSA) is 66.8 Å². The summed E-state index contributed by atoms with van der Waals surface area (Å²) < 4.78 is 1.80.